The van der Waals surface area contributed by atoms with Crippen molar-refractivity contribution < 1.29 is 9.53 Å². The largest absolute Gasteiger partial charge is 0.375 e. The van der Waals surface area contributed by atoms with Crippen LogP contribution in [0.25, 0.3) is 0 Å². The highest BCUT2D eigenvalue weighted by atomic mass is 32.1. The van der Waals surface area contributed by atoms with Gasteiger partial charge in [-0.2, -0.15) is 0 Å². The molecule has 6 heteroatoms. The predicted molar refractivity (Wildman–Crippen MR) is 67.4 cm³/mol. The Hall–Kier alpha value is -1.14. The Morgan fingerprint density at radius 3 is 3.00 bits per heavy atom. The van der Waals surface area contributed by atoms with Crippen molar-refractivity contribution in [2.75, 3.05) is 31.7 Å². The van der Waals surface area contributed by atoms with Crippen LogP contribution in [-0.2, 0) is 9.53 Å². The van der Waals surface area contributed by atoms with E-state index in [0.29, 0.717) is 0 Å². The Morgan fingerprint density at radius 1 is 1.65 bits per heavy atom. The van der Waals surface area contributed by atoms with E-state index < -0.39 is 0 Å². The molecule has 0 saturated carbocycles. The molecule has 0 radical (unpaired) electrons. The second-order valence-electron chi connectivity index (χ2n) is 4.08. The molecular formula is C11H17N3O2S. The number of thiazole rings is 1. The summed E-state index contributed by atoms with van der Waals surface area (Å²) in [5.41, 5.74) is 0. The van der Waals surface area contributed by atoms with Crippen molar-refractivity contribution in [1.29, 1.82) is 0 Å². The van der Waals surface area contributed by atoms with Crippen molar-refractivity contribution >= 4 is 22.4 Å². The van der Waals surface area contributed by atoms with Crippen LogP contribution in [0.5, 0.6) is 0 Å². The molecule has 1 amide bonds. The molecule has 0 atom stereocenters. The topological polar surface area (TPSA) is 54.5 Å². The number of hydrogen-bond donors (Lipinski definition) is 1. The average molecular weight is 255 g/mol. The summed E-state index contributed by atoms with van der Waals surface area (Å²) in [6.45, 7) is 2.05. The minimum absolute atomic E-state index is 0.0276. The highest BCUT2D eigenvalue weighted by Gasteiger charge is 2.21. The van der Waals surface area contributed by atoms with E-state index in [2.05, 4.69) is 15.2 Å². The maximum absolute atomic E-state index is 11.4. The summed E-state index contributed by atoms with van der Waals surface area (Å²) < 4.78 is 4.79. The number of ether oxygens (including phenoxy) is 1. The first-order valence-corrected chi connectivity index (χ1v) is 6.60. The molecule has 1 aromatic rings. The van der Waals surface area contributed by atoms with Crippen LogP contribution in [0.4, 0.5) is 5.13 Å². The zero-order valence-electron chi connectivity index (χ0n) is 9.89. The molecule has 94 valence electrons. The van der Waals surface area contributed by atoms with Gasteiger partial charge < -0.3 is 15.0 Å². The third kappa shape index (κ3) is 3.41. The quantitative estimate of drug-likeness (QED) is 0.867. The van der Waals surface area contributed by atoms with Crippen LogP contribution in [0.2, 0.25) is 0 Å². The van der Waals surface area contributed by atoms with E-state index in [1.165, 1.54) is 7.11 Å². The lowest BCUT2D eigenvalue weighted by Crippen LogP contribution is -2.45. The predicted octanol–water partition coefficient (Wildman–Crippen LogP) is 0.874. The molecular weight excluding hydrogens is 238 g/mol. The SMILES string of the molecule is COCC(=O)NC1CCN(c2nccs2)CC1. The van der Waals surface area contributed by atoms with Crippen LogP contribution in [0.3, 0.4) is 0 Å². The van der Waals surface area contributed by atoms with Gasteiger partial charge in [-0.25, -0.2) is 4.98 Å². The van der Waals surface area contributed by atoms with Gasteiger partial charge in [0.1, 0.15) is 6.61 Å². The first-order chi connectivity index (χ1) is 8.29. The third-order valence-electron chi connectivity index (χ3n) is 2.83. The van der Waals surface area contributed by atoms with E-state index in [-0.39, 0.29) is 18.6 Å². The molecule has 0 aromatic carbocycles. The number of methoxy groups -OCH3 is 1. The van der Waals surface area contributed by atoms with Crippen molar-refractivity contribution in [3.8, 4) is 0 Å². The summed E-state index contributed by atoms with van der Waals surface area (Å²) in [6.07, 6.45) is 3.76. The molecule has 0 aliphatic carbocycles. The Bertz CT molecular complexity index is 348. The fourth-order valence-electron chi connectivity index (χ4n) is 1.99. The summed E-state index contributed by atoms with van der Waals surface area (Å²) in [7, 11) is 1.53. The molecule has 1 fully saturated rings. The lowest BCUT2D eigenvalue weighted by atomic mass is 10.1. The number of hydrogen-bond acceptors (Lipinski definition) is 5. The highest BCUT2D eigenvalue weighted by molar-refractivity contribution is 7.13. The van der Waals surface area contributed by atoms with Crippen molar-refractivity contribution in [1.82, 2.24) is 10.3 Å². The standard InChI is InChI=1S/C11H17N3O2S/c1-16-8-10(15)13-9-2-5-14(6-3-9)11-12-4-7-17-11/h4,7,9H,2-3,5-6,8H2,1H3,(H,13,15). The van der Waals surface area contributed by atoms with Crippen LogP contribution >= 0.6 is 11.3 Å². The lowest BCUT2D eigenvalue weighted by Gasteiger charge is -2.32. The number of nitrogens with zero attached hydrogens (tertiary/aromatic N) is 2. The van der Waals surface area contributed by atoms with Gasteiger partial charge in [0.25, 0.3) is 0 Å². The van der Waals surface area contributed by atoms with Gasteiger partial charge in [0.15, 0.2) is 5.13 Å². The Labute approximate surface area is 105 Å². The number of rotatable bonds is 4. The maximum atomic E-state index is 11.4. The fraction of sp³-hybridized carbons (Fsp3) is 0.636. The van der Waals surface area contributed by atoms with Gasteiger partial charge in [-0.1, -0.05) is 0 Å². The molecule has 5 nitrogen and oxygen atoms in total. The van der Waals surface area contributed by atoms with Gasteiger partial charge >= 0.3 is 0 Å². The normalized spacial score (nSPS) is 17.1. The Morgan fingerprint density at radius 2 is 2.41 bits per heavy atom. The summed E-state index contributed by atoms with van der Waals surface area (Å²) in [4.78, 5) is 17.9. The summed E-state index contributed by atoms with van der Waals surface area (Å²) >= 11 is 1.66. The van der Waals surface area contributed by atoms with Crippen LogP contribution in [0.1, 0.15) is 12.8 Å². The minimum atomic E-state index is -0.0276. The monoisotopic (exact) mass is 255 g/mol. The molecule has 0 bridgehead atoms. The van der Waals surface area contributed by atoms with E-state index in [9.17, 15) is 4.79 Å². The van der Waals surface area contributed by atoms with E-state index in [4.69, 9.17) is 4.74 Å². The van der Waals surface area contributed by atoms with Gasteiger partial charge in [-0.3, -0.25) is 4.79 Å². The molecule has 1 N–H and O–H groups in total. The summed E-state index contributed by atoms with van der Waals surface area (Å²) in [6, 6.07) is 0.272. The van der Waals surface area contributed by atoms with E-state index >= 15 is 0 Å². The molecule has 17 heavy (non-hydrogen) atoms. The van der Waals surface area contributed by atoms with E-state index in [1.807, 2.05) is 11.6 Å². The third-order valence-corrected chi connectivity index (χ3v) is 3.66. The number of aromatic nitrogens is 1. The number of piperidine rings is 1. The number of carbonyl (C=O) groups is 1. The van der Waals surface area contributed by atoms with Crippen molar-refractivity contribution in [3.05, 3.63) is 11.6 Å². The van der Waals surface area contributed by atoms with Crippen LogP contribution in [0.15, 0.2) is 11.6 Å². The minimum Gasteiger partial charge on any atom is -0.375 e. The molecule has 0 spiro atoms. The smallest absolute Gasteiger partial charge is 0.246 e. The van der Waals surface area contributed by atoms with E-state index in [0.717, 1.165) is 31.1 Å². The number of nitrogens with one attached hydrogen (secondary N) is 1. The number of amides is 1. The van der Waals surface area contributed by atoms with Gasteiger partial charge in [-0.15, -0.1) is 11.3 Å². The van der Waals surface area contributed by atoms with Crippen molar-refractivity contribution in [3.63, 3.8) is 0 Å². The van der Waals surface area contributed by atoms with Gasteiger partial charge in [-0.05, 0) is 12.8 Å². The Kier molecular flexibility index (Phi) is 4.33. The average Bonchev–Trinajstić information content (AvgIpc) is 2.84. The molecule has 1 aliphatic heterocycles. The Balaban J connectivity index is 1.76. The van der Waals surface area contributed by atoms with Gasteiger partial charge in [0.05, 0.1) is 0 Å². The summed E-state index contributed by atoms with van der Waals surface area (Å²) in [5, 5.41) is 6.04. The molecule has 0 unspecified atom stereocenters. The second-order valence-corrected chi connectivity index (χ2v) is 4.95. The van der Waals surface area contributed by atoms with Crippen LogP contribution in [0, 0.1) is 0 Å². The molecule has 1 aromatic heterocycles. The molecule has 1 aliphatic rings. The second kappa shape index (κ2) is 5.97. The van der Waals surface area contributed by atoms with Crippen molar-refractivity contribution in [2.24, 2.45) is 0 Å². The number of carbonyl (C=O) groups excluding carboxylic acids is 1. The summed E-state index contributed by atoms with van der Waals surface area (Å²) in [5.74, 6) is -0.0276. The molecule has 2 heterocycles. The zero-order valence-corrected chi connectivity index (χ0v) is 10.7. The maximum Gasteiger partial charge on any atom is 0.246 e. The van der Waals surface area contributed by atoms with Gasteiger partial charge in [0, 0.05) is 37.8 Å². The molecule has 2 rings (SSSR count). The zero-order chi connectivity index (χ0) is 12.1. The van der Waals surface area contributed by atoms with E-state index in [1.54, 1.807) is 11.3 Å². The first kappa shape index (κ1) is 12.3. The van der Waals surface area contributed by atoms with Gasteiger partial charge in [0.2, 0.25) is 5.91 Å². The fourth-order valence-corrected chi connectivity index (χ4v) is 2.68. The number of anilines is 1. The van der Waals surface area contributed by atoms with Crippen LogP contribution in [-0.4, -0.2) is 43.7 Å². The molecule has 1 saturated heterocycles. The first-order valence-electron chi connectivity index (χ1n) is 5.72. The van der Waals surface area contributed by atoms with Crippen molar-refractivity contribution in [2.45, 2.75) is 18.9 Å². The highest BCUT2D eigenvalue weighted by Crippen LogP contribution is 2.21. The van der Waals surface area contributed by atoms with Crippen LogP contribution < -0.4 is 10.2 Å². The lowest BCUT2D eigenvalue weighted by molar-refractivity contribution is -0.125.